The van der Waals surface area contributed by atoms with Crippen molar-refractivity contribution in [1.82, 2.24) is 9.78 Å². The average Bonchev–Trinajstić information content (AvgIpc) is 2.79. The van der Waals surface area contributed by atoms with Gasteiger partial charge in [-0.3, -0.25) is 9.48 Å². The first-order chi connectivity index (χ1) is 9.86. The molecule has 3 rings (SSSR count). The first-order valence-electron chi connectivity index (χ1n) is 6.35. The van der Waals surface area contributed by atoms with Crippen LogP contribution >= 0.6 is 0 Å². The quantitative estimate of drug-likeness (QED) is 0.879. The van der Waals surface area contributed by atoms with Gasteiger partial charge in [0.1, 0.15) is 5.82 Å². The predicted octanol–water partition coefficient (Wildman–Crippen LogP) is 2.91. The van der Waals surface area contributed by atoms with Gasteiger partial charge < -0.3 is 5.32 Å². The Bertz CT molecular complexity index is 688. The van der Waals surface area contributed by atoms with Crippen molar-refractivity contribution in [3.05, 3.63) is 47.2 Å². The van der Waals surface area contributed by atoms with Gasteiger partial charge in [-0.05, 0) is 17.7 Å². The number of amides is 1. The second-order valence-corrected chi connectivity index (χ2v) is 5.00. The first kappa shape index (κ1) is 13.7. The van der Waals surface area contributed by atoms with E-state index in [1.807, 2.05) is 0 Å². The number of hydrogen-bond acceptors (Lipinski definition) is 2. The third-order valence-corrected chi connectivity index (χ3v) is 3.63. The lowest BCUT2D eigenvalue weighted by molar-refractivity contribution is -0.137. The summed E-state index contributed by atoms with van der Waals surface area (Å²) in [4.78, 5) is 11.8. The first-order valence-corrected chi connectivity index (χ1v) is 6.35. The summed E-state index contributed by atoms with van der Waals surface area (Å²) in [5, 5.41) is 6.81. The Morgan fingerprint density at radius 1 is 1.29 bits per heavy atom. The molecule has 0 spiro atoms. The number of nitrogens with one attached hydrogen (secondary N) is 1. The van der Waals surface area contributed by atoms with Crippen molar-refractivity contribution in [3.8, 4) is 0 Å². The molecule has 2 heterocycles. The molecule has 1 amide bonds. The fourth-order valence-electron chi connectivity index (χ4n) is 2.54. The molecule has 0 bridgehead atoms. The molecule has 1 aliphatic rings. The van der Waals surface area contributed by atoms with E-state index in [4.69, 9.17) is 0 Å². The maximum atomic E-state index is 12.6. The molecule has 110 valence electrons. The number of rotatable bonds is 1. The zero-order chi connectivity index (χ0) is 15.2. The van der Waals surface area contributed by atoms with Crippen LogP contribution in [0.3, 0.4) is 0 Å². The Labute approximate surface area is 118 Å². The minimum Gasteiger partial charge on any atom is -0.311 e. The summed E-state index contributed by atoms with van der Waals surface area (Å²) in [5.74, 6) is 0.150. The van der Waals surface area contributed by atoms with Crippen LogP contribution in [-0.2, 0) is 18.0 Å². The zero-order valence-electron chi connectivity index (χ0n) is 11.1. The Kier molecular flexibility index (Phi) is 3.00. The highest BCUT2D eigenvalue weighted by Gasteiger charge is 2.32. The summed E-state index contributed by atoms with van der Waals surface area (Å²) in [6, 6.07) is 4.92. The van der Waals surface area contributed by atoms with Crippen molar-refractivity contribution >= 4 is 11.7 Å². The molecule has 1 aliphatic heterocycles. The van der Waals surface area contributed by atoms with Crippen LogP contribution in [0.1, 0.15) is 29.0 Å². The van der Waals surface area contributed by atoms with Gasteiger partial charge in [0.2, 0.25) is 5.91 Å². The second-order valence-electron chi connectivity index (χ2n) is 5.00. The summed E-state index contributed by atoms with van der Waals surface area (Å²) >= 11 is 0. The Morgan fingerprint density at radius 3 is 2.57 bits per heavy atom. The highest BCUT2D eigenvalue weighted by atomic mass is 19.4. The molecule has 7 heteroatoms. The van der Waals surface area contributed by atoms with Gasteiger partial charge in [-0.25, -0.2) is 0 Å². The van der Waals surface area contributed by atoms with Gasteiger partial charge >= 0.3 is 6.18 Å². The van der Waals surface area contributed by atoms with Crippen LogP contribution in [0.25, 0.3) is 0 Å². The summed E-state index contributed by atoms with van der Waals surface area (Å²) in [7, 11) is 1.70. The van der Waals surface area contributed by atoms with Crippen LogP contribution in [-0.4, -0.2) is 15.7 Å². The number of benzene rings is 1. The monoisotopic (exact) mass is 295 g/mol. The maximum Gasteiger partial charge on any atom is 0.416 e. The third kappa shape index (κ3) is 2.39. The molecule has 0 saturated carbocycles. The number of carbonyl (C=O) groups is 1. The molecule has 1 aromatic carbocycles. The van der Waals surface area contributed by atoms with E-state index in [9.17, 15) is 18.0 Å². The third-order valence-electron chi connectivity index (χ3n) is 3.63. The number of anilines is 1. The van der Waals surface area contributed by atoms with E-state index in [0.29, 0.717) is 11.4 Å². The number of halogens is 3. The van der Waals surface area contributed by atoms with Crippen LogP contribution in [0.4, 0.5) is 19.0 Å². The second kappa shape index (κ2) is 4.61. The number of fused-ring (bicyclic) bond motifs is 1. The molecule has 21 heavy (non-hydrogen) atoms. The highest BCUT2D eigenvalue weighted by molar-refractivity contribution is 5.94. The molecule has 1 atom stereocenters. The molecule has 1 N–H and O–H groups in total. The largest absolute Gasteiger partial charge is 0.416 e. The number of carbonyl (C=O) groups excluding carboxylic acids is 1. The predicted molar refractivity (Wildman–Crippen MR) is 69.7 cm³/mol. The van der Waals surface area contributed by atoms with Gasteiger partial charge in [-0.2, -0.15) is 18.3 Å². The SMILES string of the molecule is Cn1ncc2c1NC(=O)C[C@H]2c1ccc(C(F)(F)F)cc1. The fraction of sp³-hybridized carbons (Fsp3) is 0.286. The smallest absolute Gasteiger partial charge is 0.311 e. The van der Waals surface area contributed by atoms with Crippen molar-refractivity contribution in [2.24, 2.45) is 7.05 Å². The number of aromatic nitrogens is 2. The molecule has 0 saturated heterocycles. The Hall–Kier alpha value is -2.31. The highest BCUT2D eigenvalue weighted by Crippen LogP contribution is 2.37. The van der Waals surface area contributed by atoms with Crippen molar-refractivity contribution in [2.75, 3.05) is 5.32 Å². The van der Waals surface area contributed by atoms with Gasteiger partial charge in [0.25, 0.3) is 0 Å². The van der Waals surface area contributed by atoms with Gasteiger partial charge in [-0.15, -0.1) is 0 Å². The Morgan fingerprint density at radius 2 is 1.95 bits per heavy atom. The summed E-state index contributed by atoms with van der Waals surface area (Å²) in [5.41, 5.74) is 0.793. The molecule has 0 unspecified atom stereocenters. The van der Waals surface area contributed by atoms with E-state index in [1.165, 1.54) is 12.1 Å². The van der Waals surface area contributed by atoms with Crippen LogP contribution in [0, 0.1) is 0 Å². The minimum atomic E-state index is -4.36. The summed E-state index contributed by atoms with van der Waals surface area (Å²) < 4.78 is 39.3. The van der Waals surface area contributed by atoms with E-state index < -0.39 is 11.7 Å². The lowest BCUT2D eigenvalue weighted by atomic mass is 9.87. The maximum absolute atomic E-state index is 12.6. The van der Waals surface area contributed by atoms with Crippen LogP contribution in [0.5, 0.6) is 0 Å². The number of alkyl halides is 3. The van der Waals surface area contributed by atoms with Gasteiger partial charge in [0.05, 0.1) is 11.8 Å². The number of hydrogen-bond donors (Lipinski definition) is 1. The summed E-state index contributed by atoms with van der Waals surface area (Å²) in [6.07, 6.45) is -2.52. The van der Waals surface area contributed by atoms with Crippen molar-refractivity contribution in [2.45, 2.75) is 18.5 Å². The molecular formula is C14H12F3N3O. The minimum absolute atomic E-state index is 0.170. The van der Waals surface area contributed by atoms with E-state index >= 15 is 0 Å². The Balaban J connectivity index is 1.99. The van der Waals surface area contributed by atoms with Gasteiger partial charge in [0, 0.05) is 24.9 Å². The molecule has 4 nitrogen and oxygen atoms in total. The molecule has 1 aromatic heterocycles. The van der Waals surface area contributed by atoms with Gasteiger partial charge in [-0.1, -0.05) is 12.1 Å². The lowest BCUT2D eigenvalue weighted by Crippen LogP contribution is -2.24. The van der Waals surface area contributed by atoms with Crippen LogP contribution in [0.15, 0.2) is 30.5 Å². The fourth-order valence-corrected chi connectivity index (χ4v) is 2.54. The topological polar surface area (TPSA) is 46.9 Å². The molecule has 0 radical (unpaired) electrons. The van der Waals surface area contributed by atoms with Crippen molar-refractivity contribution in [1.29, 1.82) is 0 Å². The van der Waals surface area contributed by atoms with Crippen molar-refractivity contribution < 1.29 is 18.0 Å². The summed E-state index contributed by atoms with van der Waals surface area (Å²) in [6.45, 7) is 0. The van der Waals surface area contributed by atoms with E-state index in [1.54, 1.807) is 17.9 Å². The lowest BCUT2D eigenvalue weighted by Gasteiger charge is -2.23. The molecular weight excluding hydrogens is 283 g/mol. The molecule has 0 fully saturated rings. The zero-order valence-corrected chi connectivity index (χ0v) is 11.1. The standard InChI is InChI=1S/C14H12F3N3O/c1-20-13-11(7-18-20)10(6-12(21)19-13)8-2-4-9(5-3-8)14(15,16)17/h2-5,7,10H,6H2,1H3,(H,19,21)/t10-/m0/s1. The van der Waals surface area contributed by atoms with E-state index in [0.717, 1.165) is 17.7 Å². The van der Waals surface area contributed by atoms with E-state index in [2.05, 4.69) is 10.4 Å². The molecule has 2 aromatic rings. The molecule has 0 aliphatic carbocycles. The van der Waals surface area contributed by atoms with Crippen LogP contribution < -0.4 is 5.32 Å². The van der Waals surface area contributed by atoms with E-state index in [-0.39, 0.29) is 18.2 Å². The number of aryl methyl sites for hydroxylation is 1. The van der Waals surface area contributed by atoms with Crippen molar-refractivity contribution in [3.63, 3.8) is 0 Å². The van der Waals surface area contributed by atoms with Crippen LogP contribution in [0.2, 0.25) is 0 Å². The normalized spacial score (nSPS) is 18.3. The number of nitrogens with zero attached hydrogens (tertiary/aromatic N) is 2. The van der Waals surface area contributed by atoms with Gasteiger partial charge in [0.15, 0.2) is 0 Å². The average molecular weight is 295 g/mol.